The number of benzene rings is 1. The van der Waals surface area contributed by atoms with Crippen molar-refractivity contribution in [2.45, 2.75) is 45.6 Å². The van der Waals surface area contributed by atoms with E-state index in [1.807, 2.05) is 0 Å². The van der Waals surface area contributed by atoms with Crippen LogP contribution in [-0.2, 0) is 0 Å². The van der Waals surface area contributed by atoms with E-state index in [4.69, 9.17) is 4.74 Å². The topological polar surface area (TPSA) is 64.1 Å². The summed E-state index contributed by atoms with van der Waals surface area (Å²) in [6.45, 7) is 4.38. The summed E-state index contributed by atoms with van der Waals surface area (Å²) in [5.41, 5.74) is -0.315. The van der Waals surface area contributed by atoms with Crippen LogP contribution in [0.25, 0.3) is 10.8 Å². The third kappa shape index (κ3) is 4.62. The minimum absolute atomic E-state index is 0.0480. The van der Waals surface area contributed by atoms with Gasteiger partial charge in [0.15, 0.2) is 11.5 Å². The highest BCUT2D eigenvalue weighted by Gasteiger charge is 2.30. The van der Waals surface area contributed by atoms with E-state index in [0.717, 1.165) is 37.9 Å². The minimum Gasteiger partial charge on any atom is -0.474 e. The first-order chi connectivity index (χ1) is 14.7. The lowest BCUT2D eigenvalue weighted by Crippen LogP contribution is -2.30. The van der Waals surface area contributed by atoms with Crippen LogP contribution in [-0.4, -0.2) is 22.0 Å². The molecule has 1 amide bonds. The summed E-state index contributed by atoms with van der Waals surface area (Å²) < 4.78 is 47.9. The lowest BCUT2D eigenvalue weighted by Gasteiger charge is -2.35. The molecular weight excluding hydrogens is 407 g/mol. The fraction of sp³-hybridized carbons (Fsp3) is 0.348. The van der Waals surface area contributed by atoms with Gasteiger partial charge in [0, 0.05) is 18.0 Å². The van der Waals surface area contributed by atoms with Gasteiger partial charge in [0.25, 0.3) is 5.91 Å². The Balaban J connectivity index is 1.60. The molecule has 1 saturated carbocycles. The first-order valence-corrected chi connectivity index (χ1v) is 10.1. The molecule has 162 valence electrons. The molecule has 31 heavy (non-hydrogen) atoms. The van der Waals surface area contributed by atoms with E-state index >= 15 is 0 Å². The van der Waals surface area contributed by atoms with E-state index in [-0.39, 0.29) is 28.5 Å². The van der Waals surface area contributed by atoms with Gasteiger partial charge in [0.2, 0.25) is 5.88 Å². The van der Waals surface area contributed by atoms with Crippen molar-refractivity contribution in [2.24, 2.45) is 5.41 Å². The monoisotopic (exact) mass is 429 g/mol. The first-order valence-electron chi connectivity index (χ1n) is 10.1. The van der Waals surface area contributed by atoms with Crippen LogP contribution < -0.4 is 10.1 Å². The third-order valence-electron chi connectivity index (χ3n) is 5.50. The molecule has 1 unspecified atom stereocenters. The van der Waals surface area contributed by atoms with Crippen LogP contribution in [0.2, 0.25) is 0 Å². The molecule has 1 N–H and O–H groups in total. The van der Waals surface area contributed by atoms with Crippen LogP contribution in [0.15, 0.2) is 36.7 Å². The lowest BCUT2D eigenvalue weighted by molar-refractivity contribution is 0.0826. The maximum absolute atomic E-state index is 15.0. The van der Waals surface area contributed by atoms with Crippen molar-refractivity contribution in [3.05, 3.63) is 59.8 Å². The summed E-state index contributed by atoms with van der Waals surface area (Å²) in [5, 5.41) is 3.09. The van der Waals surface area contributed by atoms with E-state index in [0.29, 0.717) is 11.5 Å². The van der Waals surface area contributed by atoms with Gasteiger partial charge in [-0.1, -0.05) is 13.8 Å². The van der Waals surface area contributed by atoms with Crippen LogP contribution in [0.1, 0.15) is 50.0 Å². The number of pyridine rings is 2. The van der Waals surface area contributed by atoms with Crippen LogP contribution in [0, 0.1) is 22.9 Å². The number of ether oxygens (including phenoxy) is 1. The fourth-order valence-corrected chi connectivity index (χ4v) is 4.06. The van der Waals surface area contributed by atoms with Gasteiger partial charge in [-0.05, 0) is 54.7 Å². The maximum atomic E-state index is 15.0. The second kappa shape index (κ2) is 8.17. The average molecular weight is 429 g/mol. The molecule has 1 aliphatic carbocycles. The summed E-state index contributed by atoms with van der Waals surface area (Å²) >= 11 is 0. The molecule has 0 saturated heterocycles. The first kappa shape index (κ1) is 21.1. The quantitative estimate of drug-likeness (QED) is 0.582. The number of carbonyl (C=O) groups excluding carboxylic acids is 1. The number of anilines is 1. The number of rotatable bonds is 4. The molecule has 2 heterocycles. The lowest BCUT2D eigenvalue weighted by atomic mass is 9.76. The van der Waals surface area contributed by atoms with Crippen molar-refractivity contribution in [1.82, 2.24) is 9.97 Å². The zero-order valence-electron chi connectivity index (χ0n) is 17.2. The number of carbonyl (C=O) groups is 1. The molecule has 1 aromatic carbocycles. The Labute approximate surface area is 177 Å². The van der Waals surface area contributed by atoms with Crippen molar-refractivity contribution < 1.29 is 22.7 Å². The molecule has 0 spiro atoms. The van der Waals surface area contributed by atoms with Crippen molar-refractivity contribution in [3.63, 3.8) is 0 Å². The van der Waals surface area contributed by atoms with Crippen LogP contribution in [0.4, 0.5) is 18.9 Å². The number of hydrogen-bond acceptors (Lipinski definition) is 4. The Hall–Kier alpha value is -3.16. The van der Waals surface area contributed by atoms with Crippen molar-refractivity contribution in [2.75, 3.05) is 5.32 Å². The smallest absolute Gasteiger partial charge is 0.277 e. The number of nitrogens with zero attached hydrogens (tertiary/aromatic N) is 2. The summed E-state index contributed by atoms with van der Waals surface area (Å²) in [6, 6.07) is 4.81. The highest BCUT2D eigenvalue weighted by molar-refractivity contribution is 6.04. The highest BCUT2D eigenvalue weighted by atomic mass is 19.1. The third-order valence-corrected chi connectivity index (χ3v) is 5.50. The van der Waals surface area contributed by atoms with Gasteiger partial charge >= 0.3 is 0 Å². The second-order valence-electron chi connectivity index (χ2n) is 8.61. The average Bonchev–Trinajstić information content (AvgIpc) is 2.67. The van der Waals surface area contributed by atoms with Crippen LogP contribution >= 0.6 is 0 Å². The number of amides is 1. The summed E-state index contributed by atoms with van der Waals surface area (Å²) in [4.78, 5) is 20.0. The van der Waals surface area contributed by atoms with Gasteiger partial charge in [0.1, 0.15) is 17.7 Å². The molecule has 0 radical (unpaired) electrons. The molecule has 0 bridgehead atoms. The number of halogens is 3. The molecule has 3 aromatic rings. The maximum Gasteiger partial charge on any atom is 0.277 e. The zero-order valence-corrected chi connectivity index (χ0v) is 17.2. The van der Waals surface area contributed by atoms with Gasteiger partial charge in [-0.15, -0.1) is 0 Å². The molecule has 1 fully saturated rings. The van der Waals surface area contributed by atoms with Gasteiger partial charge in [-0.3, -0.25) is 4.79 Å². The Morgan fingerprint density at radius 3 is 2.71 bits per heavy atom. The van der Waals surface area contributed by atoms with Gasteiger partial charge in [-0.25, -0.2) is 23.1 Å². The summed E-state index contributed by atoms with van der Waals surface area (Å²) in [7, 11) is 0. The number of nitrogens with one attached hydrogen (secondary N) is 1. The number of hydrogen-bond donors (Lipinski definition) is 1. The summed E-state index contributed by atoms with van der Waals surface area (Å²) in [5.74, 6) is -3.33. The van der Waals surface area contributed by atoms with Crippen molar-refractivity contribution in [3.8, 4) is 5.88 Å². The Morgan fingerprint density at radius 1 is 1.16 bits per heavy atom. The molecule has 2 aromatic heterocycles. The van der Waals surface area contributed by atoms with E-state index in [1.165, 1.54) is 12.3 Å². The Morgan fingerprint density at radius 2 is 1.97 bits per heavy atom. The predicted molar refractivity (Wildman–Crippen MR) is 110 cm³/mol. The molecule has 0 aliphatic heterocycles. The fourth-order valence-electron chi connectivity index (χ4n) is 4.06. The summed E-state index contributed by atoms with van der Waals surface area (Å²) in [6.07, 6.45) is 6.10. The van der Waals surface area contributed by atoms with E-state index < -0.39 is 29.1 Å². The largest absolute Gasteiger partial charge is 0.474 e. The molecule has 4 rings (SSSR count). The van der Waals surface area contributed by atoms with E-state index in [1.54, 1.807) is 6.07 Å². The standard InChI is InChI=1S/C23H22F3N3O2/c1-23(2)6-3-4-16(11-23)31-22-19-13(5-7-27-22)8-15(10-17(19)25)29-21(30)20-18(26)9-14(24)12-28-20/h5,7-10,12,16H,3-4,6,11H2,1-2H3,(H,29,30). The van der Waals surface area contributed by atoms with E-state index in [9.17, 15) is 18.0 Å². The van der Waals surface area contributed by atoms with Crippen molar-refractivity contribution >= 4 is 22.4 Å². The molecule has 1 aliphatic rings. The Bertz CT molecular complexity index is 1150. The van der Waals surface area contributed by atoms with Crippen molar-refractivity contribution in [1.29, 1.82) is 0 Å². The van der Waals surface area contributed by atoms with Crippen LogP contribution in [0.5, 0.6) is 5.88 Å². The SMILES string of the molecule is CC1(C)CCCC(Oc2nccc3cc(NC(=O)c4ncc(F)cc4F)cc(F)c23)C1. The molecule has 1 atom stereocenters. The second-order valence-corrected chi connectivity index (χ2v) is 8.61. The van der Waals surface area contributed by atoms with Crippen LogP contribution in [0.3, 0.4) is 0 Å². The minimum atomic E-state index is -1.10. The highest BCUT2D eigenvalue weighted by Crippen LogP contribution is 2.38. The number of aromatic nitrogens is 2. The van der Waals surface area contributed by atoms with Gasteiger partial charge < -0.3 is 10.1 Å². The zero-order chi connectivity index (χ0) is 22.2. The number of fused-ring (bicyclic) bond motifs is 1. The van der Waals surface area contributed by atoms with Gasteiger partial charge in [-0.2, -0.15) is 0 Å². The Kier molecular flexibility index (Phi) is 5.56. The van der Waals surface area contributed by atoms with Gasteiger partial charge in [0.05, 0.1) is 11.6 Å². The molecule has 8 heteroatoms. The molecular formula is C23H22F3N3O2. The molecule has 5 nitrogen and oxygen atoms in total. The normalized spacial score (nSPS) is 18.0. The predicted octanol–water partition coefficient (Wildman–Crippen LogP) is 5.65. The van der Waals surface area contributed by atoms with E-state index in [2.05, 4.69) is 29.1 Å².